The molecule has 0 aliphatic carbocycles. The van der Waals surface area contributed by atoms with Crippen LogP contribution in [0.1, 0.15) is 11.1 Å². The molecule has 0 bridgehead atoms. The molecule has 3 rings (SSSR count). The smallest absolute Gasteiger partial charge is 0.246 e. The standard InChI is InChI=1S/C18H19NO5/c1-21-9-7-19(11-15-6-8-22-12-15)18(20)5-3-14-2-4-16-17(10-14)24-13-23-16/h2-6,8,10,12H,7,9,11,13H2,1H3. The van der Waals surface area contributed by atoms with Gasteiger partial charge in [-0.2, -0.15) is 0 Å². The van der Waals surface area contributed by atoms with Crippen molar-refractivity contribution in [3.05, 3.63) is 54.0 Å². The third-order valence-electron chi connectivity index (χ3n) is 3.65. The highest BCUT2D eigenvalue weighted by atomic mass is 16.7. The Kier molecular flexibility index (Phi) is 5.18. The molecule has 1 amide bonds. The number of carbonyl (C=O) groups is 1. The fourth-order valence-corrected chi connectivity index (χ4v) is 2.36. The van der Waals surface area contributed by atoms with Crippen LogP contribution in [-0.2, 0) is 16.1 Å². The van der Waals surface area contributed by atoms with E-state index in [1.165, 1.54) is 0 Å². The average molecular weight is 329 g/mol. The number of amides is 1. The van der Waals surface area contributed by atoms with Gasteiger partial charge >= 0.3 is 0 Å². The molecule has 1 aliphatic rings. The van der Waals surface area contributed by atoms with E-state index in [4.69, 9.17) is 18.6 Å². The van der Waals surface area contributed by atoms with Gasteiger partial charge in [0.1, 0.15) is 0 Å². The van der Waals surface area contributed by atoms with E-state index in [1.54, 1.807) is 36.7 Å². The second-order valence-corrected chi connectivity index (χ2v) is 5.33. The van der Waals surface area contributed by atoms with Crippen LogP contribution in [-0.4, -0.2) is 37.9 Å². The van der Waals surface area contributed by atoms with E-state index >= 15 is 0 Å². The van der Waals surface area contributed by atoms with Crippen LogP contribution in [0.25, 0.3) is 6.08 Å². The van der Waals surface area contributed by atoms with Crippen molar-refractivity contribution in [3.8, 4) is 11.5 Å². The van der Waals surface area contributed by atoms with Gasteiger partial charge in [-0.25, -0.2) is 0 Å². The SMILES string of the molecule is COCCN(Cc1ccoc1)C(=O)C=Cc1ccc2c(c1)OCO2. The molecule has 0 atom stereocenters. The minimum absolute atomic E-state index is 0.0917. The van der Waals surface area contributed by atoms with Crippen LogP contribution >= 0.6 is 0 Å². The molecule has 0 radical (unpaired) electrons. The van der Waals surface area contributed by atoms with Crippen LogP contribution in [0.15, 0.2) is 47.3 Å². The second-order valence-electron chi connectivity index (χ2n) is 5.33. The van der Waals surface area contributed by atoms with Crippen LogP contribution in [0, 0.1) is 0 Å². The molecule has 0 fully saturated rings. The molecule has 2 aromatic rings. The maximum atomic E-state index is 12.5. The van der Waals surface area contributed by atoms with E-state index in [9.17, 15) is 4.79 Å². The number of fused-ring (bicyclic) bond motifs is 1. The first-order valence-corrected chi connectivity index (χ1v) is 7.63. The topological polar surface area (TPSA) is 61.1 Å². The lowest BCUT2D eigenvalue weighted by molar-refractivity contribution is -0.127. The first-order valence-electron chi connectivity index (χ1n) is 7.63. The van der Waals surface area contributed by atoms with Crippen LogP contribution in [0.4, 0.5) is 0 Å². The summed E-state index contributed by atoms with van der Waals surface area (Å²) in [7, 11) is 1.61. The molecule has 1 aliphatic heterocycles. The van der Waals surface area contributed by atoms with E-state index in [1.807, 2.05) is 24.3 Å². The number of nitrogens with zero attached hydrogens (tertiary/aromatic N) is 1. The summed E-state index contributed by atoms with van der Waals surface area (Å²) >= 11 is 0. The van der Waals surface area contributed by atoms with Crippen molar-refractivity contribution < 1.29 is 23.4 Å². The van der Waals surface area contributed by atoms with E-state index in [-0.39, 0.29) is 12.7 Å². The van der Waals surface area contributed by atoms with Gasteiger partial charge in [-0.15, -0.1) is 0 Å². The van der Waals surface area contributed by atoms with Gasteiger partial charge in [0.05, 0.1) is 19.1 Å². The Balaban J connectivity index is 1.67. The van der Waals surface area contributed by atoms with Crippen LogP contribution < -0.4 is 9.47 Å². The van der Waals surface area contributed by atoms with E-state index in [2.05, 4.69) is 0 Å². The van der Waals surface area contributed by atoms with Gasteiger partial charge in [-0.3, -0.25) is 4.79 Å². The summed E-state index contributed by atoms with van der Waals surface area (Å²) in [5.41, 5.74) is 1.82. The lowest BCUT2D eigenvalue weighted by Crippen LogP contribution is -2.31. The van der Waals surface area contributed by atoms with E-state index < -0.39 is 0 Å². The van der Waals surface area contributed by atoms with Crippen LogP contribution in [0.5, 0.6) is 11.5 Å². The van der Waals surface area contributed by atoms with Crippen molar-refractivity contribution in [1.29, 1.82) is 0 Å². The number of benzene rings is 1. The maximum absolute atomic E-state index is 12.5. The Morgan fingerprint density at radius 3 is 2.96 bits per heavy atom. The number of hydrogen-bond acceptors (Lipinski definition) is 5. The number of hydrogen-bond donors (Lipinski definition) is 0. The largest absolute Gasteiger partial charge is 0.472 e. The first-order chi connectivity index (χ1) is 11.8. The zero-order valence-corrected chi connectivity index (χ0v) is 13.4. The van der Waals surface area contributed by atoms with Crippen molar-refractivity contribution in [3.63, 3.8) is 0 Å². The summed E-state index contributed by atoms with van der Waals surface area (Å²) in [5.74, 6) is 1.32. The highest BCUT2D eigenvalue weighted by molar-refractivity contribution is 5.91. The van der Waals surface area contributed by atoms with Gasteiger partial charge in [-0.1, -0.05) is 6.07 Å². The van der Waals surface area contributed by atoms with Crippen LogP contribution in [0.3, 0.4) is 0 Å². The molecule has 6 nitrogen and oxygen atoms in total. The number of carbonyl (C=O) groups excluding carboxylic acids is 1. The minimum atomic E-state index is -0.0917. The Bertz CT molecular complexity index is 708. The summed E-state index contributed by atoms with van der Waals surface area (Å²) in [6.07, 6.45) is 6.54. The van der Waals surface area contributed by atoms with Gasteiger partial charge in [-0.05, 0) is 29.8 Å². The Labute approximate surface area is 140 Å². The predicted octanol–water partition coefficient (Wildman–Crippen LogP) is 2.70. The van der Waals surface area contributed by atoms with Gasteiger partial charge in [0.2, 0.25) is 12.7 Å². The fourth-order valence-electron chi connectivity index (χ4n) is 2.36. The van der Waals surface area contributed by atoms with Crippen molar-refractivity contribution in [2.75, 3.05) is 27.1 Å². The van der Waals surface area contributed by atoms with Gasteiger partial charge in [0.15, 0.2) is 11.5 Å². The number of rotatable bonds is 7. The third-order valence-corrected chi connectivity index (χ3v) is 3.65. The average Bonchev–Trinajstić information content (AvgIpc) is 3.27. The van der Waals surface area contributed by atoms with E-state index in [0.29, 0.717) is 25.4 Å². The third kappa shape index (κ3) is 3.97. The highest BCUT2D eigenvalue weighted by Crippen LogP contribution is 2.32. The molecule has 0 saturated carbocycles. The van der Waals surface area contributed by atoms with Gasteiger partial charge in [0.25, 0.3) is 0 Å². The summed E-state index contributed by atoms with van der Waals surface area (Å²) < 4.78 is 20.8. The molecule has 24 heavy (non-hydrogen) atoms. The van der Waals surface area contributed by atoms with Gasteiger partial charge in [0, 0.05) is 31.8 Å². The molecule has 1 aromatic heterocycles. The lowest BCUT2D eigenvalue weighted by Gasteiger charge is -2.20. The lowest BCUT2D eigenvalue weighted by atomic mass is 10.2. The summed E-state index contributed by atoms with van der Waals surface area (Å²) in [6.45, 7) is 1.69. The summed E-state index contributed by atoms with van der Waals surface area (Å²) in [6, 6.07) is 7.41. The van der Waals surface area contributed by atoms with Crippen molar-refractivity contribution in [1.82, 2.24) is 4.90 Å². The zero-order chi connectivity index (χ0) is 16.8. The van der Waals surface area contributed by atoms with Crippen molar-refractivity contribution in [2.24, 2.45) is 0 Å². The molecule has 0 spiro atoms. The molecule has 6 heteroatoms. The summed E-state index contributed by atoms with van der Waals surface area (Å²) in [4.78, 5) is 14.2. The molecule has 0 N–H and O–H groups in total. The molecule has 0 saturated heterocycles. The predicted molar refractivity (Wildman–Crippen MR) is 87.6 cm³/mol. The van der Waals surface area contributed by atoms with Crippen molar-refractivity contribution >= 4 is 12.0 Å². The van der Waals surface area contributed by atoms with Gasteiger partial charge < -0.3 is 23.5 Å². The zero-order valence-electron chi connectivity index (χ0n) is 13.4. The number of furan rings is 1. The fraction of sp³-hybridized carbons (Fsp3) is 0.278. The second kappa shape index (κ2) is 7.70. The van der Waals surface area contributed by atoms with Crippen molar-refractivity contribution in [2.45, 2.75) is 6.54 Å². The monoisotopic (exact) mass is 329 g/mol. The molecule has 126 valence electrons. The molecule has 2 heterocycles. The molecular weight excluding hydrogens is 310 g/mol. The Morgan fingerprint density at radius 2 is 2.17 bits per heavy atom. The van der Waals surface area contributed by atoms with Crippen LogP contribution in [0.2, 0.25) is 0 Å². The molecular formula is C18H19NO5. The molecule has 0 unspecified atom stereocenters. The number of methoxy groups -OCH3 is 1. The normalized spacial score (nSPS) is 12.7. The Hall–Kier alpha value is -2.73. The Morgan fingerprint density at radius 1 is 1.29 bits per heavy atom. The molecule has 1 aromatic carbocycles. The van der Waals surface area contributed by atoms with E-state index in [0.717, 1.165) is 16.9 Å². The minimum Gasteiger partial charge on any atom is -0.472 e. The highest BCUT2D eigenvalue weighted by Gasteiger charge is 2.14. The first kappa shape index (κ1) is 16.1. The quantitative estimate of drug-likeness (QED) is 0.731. The summed E-state index contributed by atoms with van der Waals surface area (Å²) in [5, 5.41) is 0. The maximum Gasteiger partial charge on any atom is 0.246 e. The number of ether oxygens (including phenoxy) is 3.